The number of rotatable bonds is 5. The highest BCUT2D eigenvalue weighted by atomic mass is 35.5. The zero-order valence-electron chi connectivity index (χ0n) is 15.2. The van der Waals surface area contributed by atoms with Crippen molar-refractivity contribution < 1.29 is 28.8 Å². The van der Waals surface area contributed by atoms with Crippen LogP contribution in [0.5, 0.6) is 28.7 Å². The minimum Gasteiger partial charge on any atom is -0.503 e. The van der Waals surface area contributed by atoms with E-state index in [1.807, 2.05) is 0 Å². The Hall–Kier alpha value is -2.02. The molecule has 0 aliphatic carbocycles. The van der Waals surface area contributed by atoms with Crippen LogP contribution < -0.4 is 14.2 Å². The summed E-state index contributed by atoms with van der Waals surface area (Å²) < 4.78 is 21.0. The molecule has 0 heterocycles. The summed E-state index contributed by atoms with van der Waals surface area (Å²) in [5, 5.41) is 10.7. The average molecular weight is 436 g/mol. The van der Waals surface area contributed by atoms with Gasteiger partial charge in [-0.2, -0.15) is 0 Å². The molecule has 0 aliphatic heterocycles. The van der Waals surface area contributed by atoms with Crippen LogP contribution in [-0.2, 0) is 4.74 Å². The SMILES string of the molecule is COC(=O)c1c(Oc2c(C)c(Cl)c(OC)c(Cl)c2O)cc(OC)c(Cl)c1C. The topological polar surface area (TPSA) is 74.2 Å². The van der Waals surface area contributed by atoms with Crippen LogP contribution in [0, 0.1) is 13.8 Å². The minimum absolute atomic E-state index is 0.0419. The molecule has 1 N–H and O–H groups in total. The molecule has 0 aliphatic rings. The van der Waals surface area contributed by atoms with Gasteiger partial charge in [-0.25, -0.2) is 4.79 Å². The lowest BCUT2D eigenvalue weighted by atomic mass is 10.1. The first-order chi connectivity index (χ1) is 12.7. The van der Waals surface area contributed by atoms with Crippen LogP contribution in [-0.4, -0.2) is 32.4 Å². The van der Waals surface area contributed by atoms with Gasteiger partial charge in [0.1, 0.15) is 22.1 Å². The Kier molecular flexibility index (Phi) is 6.57. The quantitative estimate of drug-likeness (QED) is 0.619. The lowest BCUT2D eigenvalue weighted by Gasteiger charge is -2.19. The Labute approximate surface area is 171 Å². The van der Waals surface area contributed by atoms with Gasteiger partial charge in [-0.05, 0) is 19.4 Å². The van der Waals surface area contributed by atoms with Crippen molar-refractivity contribution in [2.75, 3.05) is 21.3 Å². The molecule has 0 radical (unpaired) electrons. The fourth-order valence-electron chi connectivity index (χ4n) is 2.48. The summed E-state index contributed by atoms with van der Waals surface area (Å²) >= 11 is 18.6. The number of carbonyl (C=O) groups is 1. The number of ether oxygens (including phenoxy) is 4. The lowest BCUT2D eigenvalue weighted by molar-refractivity contribution is 0.0597. The summed E-state index contributed by atoms with van der Waals surface area (Å²) in [6.45, 7) is 3.22. The molecule has 9 heteroatoms. The minimum atomic E-state index is -0.671. The summed E-state index contributed by atoms with van der Waals surface area (Å²) in [6.07, 6.45) is 0. The normalized spacial score (nSPS) is 10.5. The Bertz CT molecular complexity index is 882. The van der Waals surface area contributed by atoms with Gasteiger partial charge in [-0.3, -0.25) is 0 Å². The molecule has 6 nitrogen and oxygen atoms in total. The van der Waals surface area contributed by atoms with E-state index < -0.39 is 11.7 Å². The maximum Gasteiger partial charge on any atom is 0.341 e. The molecule has 0 bridgehead atoms. The predicted octanol–water partition coefficient (Wildman–Crippen LogP) is 5.57. The number of esters is 1. The largest absolute Gasteiger partial charge is 0.503 e. The Morgan fingerprint density at radius 3 is 2.04 bits per heavy atom. The van der Waals surface area contributed by atoms with Crippen molar-refractivity contribution in [2.24, 2.45) is 0 Å². The number of halogens is 3. The van der Waals surface area contributed by atoms with Gasteiger partial charge < -0.3 is 24.1 Å². The molecule has 0 unspecified atom stereocenters. The van der Waals surface area contributed by atoms with E-state index in [0.29, 0.717) is 11.1 Å². The molecular formula is C18H17Cl3O6. The molecular weight excluding hydrogens is 419 g/mol. The van der Waals surface area contributed by atoms with E-state index in [-0.39, 0.29) is 43.6 Å². The third kappa shape index (κ3) is 3.70. The second-order valence-corrected chi connectivity index (χ2v) is 6.58. The van der Waals surface area contributed by atoms with Crippen molar-refractivity contribution in [3.63, 3.8) is 0 Å². The van der Waals surface area contributed by atoms with Crippen LogP contribution in [0.15, 0.2) is 6.07 Å². The van der Waals surface area contributed by atoms with E-state index in [2.05, 4.69) is 0 Å². The summed E-state index contributed by atoms with van der Waals surface area (Å²) in [5.41, 5.74) is 0.823. The zero-order chi connectivity index (χ0) is 20.5. The van der Waals surface area contributed by atoms with Gasteiger partial charge in [0.05, 0.1) is 31.4 Å². The van der Waals surface area contributed by atoms with E-state index in [9.17, 15) is 9.90 Å². The number of phenolic OH excluding ortho intramolecular Hbond substituents is 1. The van der Waals surface area contributed by atoms with Gasteiger partial charge in [0.25, 0.3) is 0 Å². The second kappa shape index (κ2) is 8.33. The Balaban J connectivity index is 2.75. The number of aromatic hydroxyl groups is 1. The van der Waals surface area contributed by atoms with Crippen LogP contribution in [0.3, 0.4) is 0 Å². The molecule has 0 spiro atoms. The van der Waals surface area contributed by atoms with E-state index in [1.165, 1.54) is 27.4 Å². The molecule has 0 saturated heterocycles. The van der Waals surface area contributed by atoms with Gasteiger partial charge in [-0.1, -0.05) is 34.8 Å². The standard InChI is InChI=1S/C18H17Cl3O6/c1-7-11(18(23)26-5)9(6-10(24-3)12(7)19)27-16-8(2)13(20)17(25-4)14(21)15(16)22/h6,22H,1-5H3. The van der Waals surface area contributed by atoms with Gasteiger partial charge in [0.15, 0.2) is 17.2 Å². The van der Waals surface area contributed by atoms with E-state index in [4.69, 9.17) is 53.8 Å². The zero-order valence-corrected chi connectivity index (χ0v) is 17.5. The summed E-state index contributed by atoms with van der Waals surface area (Å²) in [6, 6.07) is 1.41. The van der Waals surface area contributed by atoms with Crippen LogP contribution in [0.25, 0.3) is 0 Å². The van der Waals surface area contributed by atoms with Crippen molar-refractivity contribution in [3.05, 3.63) is 37.8 Å². The van der Waals surface area contributed by atoms with E-state index >= 15 is 0 Å². The molecule has 146 valence electrons. The molecule has 2 aromatic rings. The first kappa shape index (κ1) is 21.3. The first-order valence-corrected chi connectivity index (χ1v) is 8.70. The first-order valence-electron chi connectivity index (χ1n) is 7.57. The maximum absolute atomic E-state index is 12.3. The fourth-order valence-corrected chi connectivity index (χ4v) is 3.27. The van der Waals surface area contributed by atoms with Gasteiger partial charge in [0.2, 0.25) is 0 Å². The molecule has 0 aromatic heterocycles. The number of methoxy groups -OCH3 is 3. The predicted molar refractivity (Wildman–Crippen MR) is 104 cm³/mol. The molecule has 0 saturated carbocycles. The van der Waals surface area contributed by atoms with Gasteiger partial charge >= 0.3 is 5.97 Å². The number of hydrogen-bond donors (Lipinski definition) is 1. The highest BCUT2D eigenvalue weighted by molar-refractivity contribution is 6.39. The van der Waals surface area contributed by atoms with Crippen LogP contribution in [0.4, 0.5) is 0 Å². The van der Waals surface area contributed by atoms with Gasteiger partial charge in [-0.15, -0.1) is 0 Å². The molecule has 0 amide bonds. The highest BCUT2D eigenvalue weighted by Gasteiger charge is 2.27. The average Bonchev–Trinajstić information content (AvgIpc) is 2.66. The van der Waals surface area contributed by atoms with Crippen molar-refractivity contribution in [1.82, 2.24) is 0 Å². The summed E-state index contributed by atoms with van der Waals surface area (Å²) in [5.74, 6) is -0.665. The Morgan fingerprint density at radius 1 is 0.889 bits per heavy atom. The van der Waals surface area contributed by atoms with Crippen molar-refractivity contribution in [3.8, 4) is 28.7 Å². The number of carbonyl (C=O) groups excluding carboxylic acids is 1. The third-order valence-electron chi connectivity index (χ3n) is 3.95. The maximum atomic E-state index is 12.3. The Morgan fingerprint density at radius 2 is 1.52 bits per heavy atom. The molecule has 2 aromatic carbocycles. The molecule has 0 atom stereocenters. The highest BCUT2D eigenvalue weighted by Crippen LogP contribution is 2.50. The number of phenols is 1. The second-order valence-electron chi connectivity index (χ2n) is 5.45. The third-order valence-corrected chi connectivity index (χ3v) is 5.22. The van der Waals surface area contributed by atoms with Crippen molar-refractivity contribution in [2.45, 2.75) is 13.8 Å². The summed E-state index contributed by atoms with van der Waals surface area (Å²) in [4.78, 5) is 12.3. The van der Waals surface area contributed by atoms with Crippen molar-refractivity contribution >= 4 is 40.8 Å². The van der Waals surface area contributed by atoms with Gasteiger partial charge in [0, 0.05) is 11.6 Å². The van der Waals surface area contributed by atoms with E-state index in [0.717, 1.165) is 0 Å². The smallest absolute Gasteiger partial charge is 0.341 e. The number of hydrogen-bond acceptors (Lipinski definition) is 6. The fraction of sp³-hybridized carbons (Fsp3) is 0.278. The molecule has 2 rings (SSSR count). The molecule has 27 heavy (non-hydrogen) atoms. The molecule has 0 fully saturated rings. The lowest BCUT2D eigenvalue weighted by Crippen LogP contribution is -2.08. The van der Waals surface area contributed by atoms with Crippen LogP contribution in [0.2, 0.25) is 15.1 Å². The summed E-state index contributed by atoms with van der Waals surface area (Å²) in [7, 11) is 4.02. The monoisotopic (exact) mass is 434 g/mol. The van der Waals surface area contributed by atoms with E-state index in [1.54, 1.807) is 13.8 Å². The van der Waals surface area contributed by atoms with Crippen LogP contribution in [0.1, 0.15) is 21.5 Å². The van der Waals surface area contributed by atoms with Crippen molar-refractivity contribution in [1.29, 1.82) is 0 Å². The number of benzene rings is 2. The van der Waals surface area contributed by atoms with Crippen LogP contribution >= 0.6 is 34.8 Å².